The minimum Gasteiger partial charge on any atom is -0.306 e. The SMILES string of the molecule is c1cc(CCc2cc(-c3nnn[nH]3)ccc2-c2ccc(-n3ccnc3)cc2)ccn1. The molecule has 0 spiro atoms. The van der Waals surface area contributed by atoms with Gasteiger partial charge in [0.2, 0.25) is 0 Å². The predicted octanol–water partition coefficient (Wildman–Crippen LogP) is 3.90. The zero-order valence-corrected chi connectivity index (χ0v) is 16.2. The third-order valence-electron chi connectivity index (χ3n) is 5.14. The molecule has 0 unspecified atom stereocenters. The van der Waals surface area contributed by atoms with Crippen LogP contribution in [0.15, 0.2) is 85.7 Å². The van der Waals surface area contributed by atoms with Crippen LogP contribution in [0.5, 0.6) is 0 Å². The molecule has 0 bridgehead atoms. The van der Waals surface area contributed by atoms with Gasteiger partial charge in [0.1, 0.15) is 0 Å². The summed E-state index contributed by atoms with van der Waals surface area (Å²) in [7, 11) is 0. The van der Waals surface area contributed by atoms with Gasteiger partial charge < -0.3 is 4.57 Å². The molecule has 2 aromatic carbocycles. The average Bonchev–Trinajstić information content (AvgIpc) is 3.53. The maximum Gasteiger partial charge on any atom is 0.179 e. The van der Waals surface area contributed by atoms with Crippen molar-refractivity contribution in [3.63, 3.8) is 0 Å². The number of pyridine rings is 1. The Kier molecular flexibility index (Phi) is 4.83. The van der Waals surface area contributed by atoms with Crippen LogP contribution in [-0.4, -0.2) is 35.2 Å². The van der Waals surface area contributed by atoms with Gasteiger partial charge in [-0.05, 0) is 75.9 Å². The molecule has 146 valence electrons. The summed E-state index contributed by atoms with van der Waals surface area (Å²) in [6, 6.07) is 19.0. The molecular weight excluding hydrogens is 374 g/mol. The topological polar surface area (TPSA) is 85.2 Å². The molecule has 0 saturated carbocycles. The molecule has 0 amide bonds. The largest absolute Gasteiger partial charge is 0.306 e. The lowest BCUT2D eigenvalue weighted by Crippen LogP contribution is -1.97. The van der Waals surface area contributed by atoms with Crippen LogP contribution in [0.2, 0.25) is 0 Å². The number of hydrogen-bond acceptors (Lipinski definition) is 5. The molecule has 5 aromatic rings. The van der Waals surface area contributed by atoms with E-state index in [0.717, 1.165) is 24.1 Å². The van der Waals surface area contributed by atoms with E-state index in [-0.39, 0.29) is 0 Å². The molecule has 0 aliphatic rings. The molecule has 1 N–H and O–H groups in total. The highest BCUT2D eigenvalue weighted by Crippen LogP contribution is 2.29. The van der Waals surface area contributed by atoms with Gasteiger partial charge in [0, 0.05) is 36.0 Å². The van der Waals surface area contributed by atoms with E-state index in [2.05, 4.69) is 85.2 Å². The highest BCUT2D eigenvalue weighted by atomic mass is 15.5. The Labute approximate surface area is 173 Å². The van der Waals surface area contributed by atoms with Crippen LogP contribution in [0, 0.1) is 0 Å². The minimum absolute atomic E-state index is 0.669. The van der Waals surface area contributed by atoms with Crippen LogP contribution in [-0.2, 0) is 12.8 Å². The third kappa shape index (κ3) is 3.73. The fraction of sp³-hybridized carbons (Fsp3) is 0.0870. The van der Waals surface area contributed by atoms with Gasteiger partial charge in [-0.25, -0.2) is 10.1 Å². The van der Waals surface area contributed by atoms with E-state index in [4.69, 9.17) is 0 Å². The molecule has 0 fully saturated rings. The monoisotopic (exact) mass is 393 g/mol. The molecule has 0 aliphatic carbocycles. The summed E-state index contributed by atoms with van der Waals surface area (Å²) in [4.78, 5) is 8.23. The second-order valence-electron chi connectivity index (χ2n) is 6.99. The van der Waals surface area contributed by atoms with Crippen molar-refractivity contribution in [3.05, 3.63) is 96.8 Å². The lowest BCUT2D eigenvalue weighted by molar-refractivity contribution is 0.881. The van der Waals surface area contributed by atoms with E-state index >= 15 is 0 Å². The molecule has 30 heavy (non-hydrogen) atoms. The van der Waals surface area contributed by atoms with Crippen LogP contribution in [0.4, 0.5) is 0 Å². The first-order valence-corrected chi connectivity index (χ1v) is 9.71. The second-order valence-corrected chi connectivity index (χ2v) is 6.99. The minimum atomic E-state index is 0.669. The van der Waals surface area contributed by atoms with E-state index < -0.39 is 0 Å². The van der Waals surface area contributed by atoms with Gasteiger partial charge in [-0.1, -0.05) is 24.3 Å². The highest BCUT2D eigenvalue weighted by molar-refractivity contribution is 5.72. The van der Waals surface area contributed by atoms with Crippen molar-refractivity contribution in [2.75, 3.05) is 0 Å². The number of imidazole rings is 1. The Hall–Kier alpha value is -4.13. The summed E-state index contributed by atoms with van der Waals surface area (Å²) in [5, 5.41) is 14.3. The van der Waals surface area contributed by atoms with Gasteiger partial charge in [-0.3, -0.25) is 4.98 Å². The Morgan fingerprint density at radius 3 is 2.37 bits per heavy atom. The Morgan fingerprint density at radius 2 is 1.63 bits per heavy atom. The molecular formula is C23H19N7. The first kappa shape index (κ1) is 17.9. The number of aryl methyl sites for hydroxylation is 2. The maximum absolute atomic E-state index is 4.12. The van der Waals surface area contributed by atoms with Crippen LogP contribution >= 0.6 is 0 Å². The number of rotatable bonds is 6. The van der Waals surface area contributed by atoms with Gasteiger partial charge >= 0.3 is 0 Å². The zero-order valence-electron chi connectivity index (χ0n) is 16.2. The van der Waals surface area contributed by atoms with Crippen molar-refractivity contribution in [1.82, 2.24) is 35.2 Å². The number of tetrazole rings is 1. The maximum atomic E-state index is 4.12. The number of benzene rings is 2. The standard InChI is InChI=1S/C23H19N7/c1(17-9-11-24-12-10-17)2-19-15-20(23-26-28-29-27-23)5-8-22(19)18-3-6-21(7-4-18)30-14-13-25-16-30/h3-16H,1-2H2,(H,26,27,28,29). The summed E-state index contributed by atoms with van der Waals surface area (Å²) in [5.74, 6) is 0.669. The van der Waals surface area contributed by atoms with Crippen molar-refractivity contribution >= 4 is 0 Å². The van der Waals surface area contributed by atoms with Crippen molar-refractivity contribution in [3.8, 4) is 28.2 Å². The quantitative estimate of drug-likeness (QED) is 0.473. The molecule has 3 aromatic heterocycles. The Balaban J connectivity index is 1.49. The van der Waals surface area contributed by atoms with Crippen molar-refractivity contribution in [2.45, 2.75) is 12.8 Å². The molecule has 0 aliphatic heterocycles. The molecule has 0 atom stereocenters. The fourth-order valence-corrected chi connectivity index (χ4v) is 3.56. The zero-order chi connectivity index (χ0) is 20.2. The molecule has 3 heterocycles. The number of hydrogen-bond donors (Lipinski definition) is 1. The number of nitrogens with zero attached hydrogens (tertiary/aromatic N) is 6. The molecule has 7 heteroatoms. The predicted molar refractivity (Wildman–Crippen MR) is 114 cm³/mol. The van der Waals surface area contributed by atoms with Crippen LogP contribution in [0.1, 0.15) is 11.1 Å². The van der Waals surface area contributed by atoms with Crippen molar-refractivity contribution in [1.29, 1.82) is 0 Å². The molecule has 0 radical (unpaired) electrons. The van der Waals surface area contributed by atoms with Crippen molar-refractivity contribution < 1.29 is 0 Å². The number of aromatic nitrogens is 7. The van der Waals surface area contributed by atoms with Gasteiger partial charge in [-0.2, -0.15) is 0 Å². The van der Waals surface area contributed by atoms with E-state index in [1.807, 2.05) is 23.2 Å². The Bertz CT molecular complexity index is 1210. The number of H-pyrrole nitrogens is 1. The fourth-order valence-electron chi connectivity index (χ4n) is 3.56. The number of nitrogens with one attached hydrogen (secondary N) is 1. The van der Waals surface area contributed by atoms with Gasteiger partial charge in [0.15, 0.2) is 5.82 Å². The summed E-state index contributed by atoms with van der Waals surface area (Å²) in [5.41, 5.74) is 6.94. The van der Waals surface area contributed by atoms with Gasteiger partial charge in [0.05, 0.1) is 6.33 Å². The smallest absolute Gasteiger partial charge is 0.179 e. The van der Waals surface area contributed by atoms with Crippen LogP contribution in [0.3, 0.4) is 0 Å². The number of aromatic amines is 1. The summed E-state index contributed by atoms with van der Waals surface area (Å²) < 4.78 is 1.99. The first-order chi connectivity index (χ1) is 14.9. The van der Waals surface area contributed by atoms with Gasteiger partial charge in [-0.15, -0.1) is 5.10 Å². The molecule has 5 rings (SSSR count). The highest BCUT2D eigenvalue weighted by Gasteiger charge is 2.10. The average molecular weight is 393 g/mol. The Morgan fingerprint density at radius 1 is 0.800 bits per heavy atom. The van der Waals surface area contributed by atoms with Crippen LogP contribution in [0.25, 0.3) is 28.2 Å². The van der Waals surface area contributed by atoms with Gasteiger partial charge in [0.25, 0.3) is 0 Å². The second kappa shape index (κ2) is 8.08. The van der Waals surface area contributed by atoms with Crippen molar-refractivity contribution in [2.24, 2.45) is 0 Å². The lowest BCUT2D eigenvalue weighted by atomic mass is 9.93. The van der Waals surface area contributed by atoms with Crippen LogP contribution < -0.4 is 0 Å². The normalized spacial score (nSPS) is 10.9. The van der Waals surface area contributed by atoms with E-state index in [9.17, 15) is 0 Å². The van der Waals surface area contributed by atoms with E-state index in [1.54, 1.807) is 12.5 Å². The van der Waals surface area contributed by atoms with E-state index in [1.165, 1.54) is 22.3 Å². The van der Waals surface area contributed by atoms with E-state index in [0.29, 0.717) is 5.82 Å². The molecule has 0 saturated heterocycles. The summed E-state index contributed by atoms with van der Waals surface area (Å²) >= 11 is 0. The third-order valence-corrected chi connectivity index (χ3v) is 5.14. The summed E-state index contributed by atoms with van der Waals surface area (Å²) in [6.45, 7) is 0. The lowest BCUT2D eigenvalue weighted by Gasteiger charge is -2.13. The summed E-state index contributed by atoms with van der Waals surface area (Å²) in [6.07, 6.45) is 11.0. The molecule has 7 nitrogen and oxygen atoms in total. The first-order valence-electron chi connectivity index (χ1n) is 9.71.